The molecular weight excluding hydrogens is 164 g/mol. The Bertz CT molecular complexity index is 168. The fourth-order valence-corrected chi connectivity index (χ4v) is 2.01. The Morgan fingerprint density at radius 2 is 2.23 bits per heavy atom. The minimum atomic E-state index is -0.231. The van der Waals surface area contributed by atoms with Gasteiger partial charge in [-0.05, 0) is 25.3 Å². The van der Waals surface area contributed by atoms with Crippen molar-refractivity contribution in [1.82, 2.24) is 4.90 Å². The van der Waals surface area contributed by atoms with Crippen LogP contribution >= 0.6 is 0 Å². The lowest BCUT2D eigenvalue weighted by atomic mass is 9.79. The van der Waals surface area contributed by atoms with Crippen molar-refractivity contribution in [3.63, 3.8) is 0 Å². The van der Waals surface area contributed by atoms with Crippen LogP contribution in [-0.4, -0.2) is 41.8 Å². The molecule has 0 aliphatic carbocycles. The first kappa shape index (κ1) is 11.0. The zero-order chi connectivity index (χ0) is 10.1. The van der Waals surface area contributed by atoms with Gasteiger partial charge in [0.2, 0.25) is 0 Å². The highest BCUT2D eigenvalue weighted by Gasteiger charge is 2.33. The summed E-state index contributed by atoms with van der Waals surface area (Å²) in [6.07, 6.45) is 0.810. The fourth-order valence-electron chi connectivity index (χ4n) is 2.01. The molecule has 1 saturated heterocycles. The highest BCUT2D eigenvalue weighted by Crippen LogP contribution is 2.27. The molecular formula is C10H22N2O. The van der Waals surface area contributed by atoms with Gasteiger partial charge in [0.25, 0.3) is 0 Å². The quantitative estimate of drug-likeness (QED) is 0.657. The summed E-state index contributed by atoms with van der Waals surface area (Å²) in [6.45, 7) is 9.03. The highest BCUT2D eigenvalue weighted by molar-refractivity contribution is 4.89. The summed E-state index contributed by atoms with van der Waals surface area (Å²) in [7, 11) is 0. The van der Waals surface area contributed by atoms with Gasteiger partial charge in [0.1, 0.15) is 0 Å². The van der Waals surface area contributed by atoms with Crippen LogP contribution in [0, 0.1) is 5.41 Å². The molecule has 0 radical (unpaired) electrons. The number of nitrogens with two attached hydrogens (primary N) is 1. The average molecular weight is 186 g/mol. The third-order valence-electron chi connectivity index (χ3n) is 2.91. The average Bonchev–Trinajstić information content (AvgIpc) is 1.95. The van der Waals surface area contributed by atoms with Crippen LogP contribution in [0.15, 0.2) is 0 Å². The summed E-state index contributed by atoms with van der Waals surface area (Å²) in [5.41, 5.74) is 6.20. The molecule has 0 aromatic rings. The van der Waals surface area contributed by atoms with Crippen molar-refractivity contribution in [2.24, 2.45) is 11.1 Å². The monoisotopic (exact) mass is 186 g/mol. The molecule has 3 nitrogen and oxygen atoms in total. The third kappa shape index (κ3) is 2.93. The molecule has 3 heteroatoms. The minimum absolute atomic E-state index is 0.188. The van der Waals surface area contributed by atoms with Gasteiger partial charge >= 0.3 is 0 Å². The molecule has 1 unspecified atom stereocenters. The molecule has 13 heavy (non-hydrogen) atoms. The third-order valence-corrected chi connectivity index (χ3v) is 2.91. The van der Waals surface area contributed by atoms with E-state index in [0.717, 1.165) is 26.1 Å². The van der Waals surface area contributed by atoms with Crippen molar-refractivity contribution in [3.8, 4) is 0 Å². The van der Waals surface area contributed by atoms with E-state index in [2.05, 4.69) is 18.7 Å². The smallest absolute Gasteiger partial charge is 0.0639 e. The van der Waals surface area contributed by atoms with E-state index < -0.39 is 0 Å². The van der Waals surface area contributed by atoms with E-state index in [4.69, 9.17) is 5.73 Å². The number of rotatable bonds is 2. The number of aliphatic hydroxyl groups excluding tert-OH is 1. The Balaban J connectivity index is 2.46. The van der Waals surface area contributed by atoms with Crippen molar-refractivity contribution in [1.29, 1.82) is 0 Å². The van der Waals surface area contributed by atoms with Crippen molar-refractivity contribution in [2.75, 3.05) is 19.6 Å². The van der Waals surface area contributed by atoms with Gasteiger partial charge < -0.3 is 15.7 Å². The lowest BCUT2D eigenvalue weighted by Crippen LogP contribution is -2.53. The van der Waals surface area contributed by atoms with Crippen LogP contribution < -0.4 is 5.73 Å². The number of hydrogen-bond donors (Lipinski definition) is 2. The second-order valence-electron chi connectivity index (χ2n) is 4.97. The van der Waals surface area contributed by atoms with Crippen LogP contribution in [0.5, 0.6) is 0 Å². The van der Waals surface area contributed by atoms with Crippen molar-refractivity contribution >= 4 is 0 Å². The Morgan fingerprint density at radius 3 is 2.69 bits per heavy atom. The van der Waals surface area contributed by atoms with Gasteiger partial charge in [-0.15, -0.1) is 0 Å². The predicted molar refractivity (Wildman–Crippen MR) is 54.5 cm³/mol. The zero-order valence-corrected chi connectivity index (χ0v) is 8.95. The van der Waals surface area contributed by atoms with Crippen molar-refractivity contribution in [3.05, 3.63) is 0 Å². The molecule has 0 aromatic heterocycles. The number of nitrogens with zero attached hydrogens (tertiary/aromatic N) is 1. The van der Waals surface area contributed by atoms with E-state index in [-0.39, 0.29) is 11.5 Å². The first-order valence-corrected chi connectivity index (χ1v) is 5.08. The molecule has 3 N–H and O–H groups in total. The van der Waals surface area contributed by atoms with Crippen LogP contribution in [0.4, 0.5) is 0 Å². The second kappa shape index (κ2) is 3.95. The SMILES string of the molecule is C[C@@H](O)CN1CCC(N)C(C)(C)C1. The van der Waals surface area contributed by atoms with E-state index in [1.54, 1.807) is 0 Å². The maximum absolute atomic E-state index is 9.27. The molecule has 1 heterocycles. The predicted octanol–water partition coefficient (Wildman–Crippen LogP) is 0.426. The molecule has 0 saturated carbocycles. The summed E-state index contributed by atoms with van der Waals surface area (Å²) in [5, 5.41) is 9.27. The maximum Gasteiger partial charge on any atom is 0.0639 e. The van der Waals surface area contributed by atoms with E-state index in [9.17, 15) is 5.11 Å². The Morgan fingerprint density at radius 1 is 1.62 bits per heavy atom. The van der Waals surface area contributed by atoms with Gasteiger partial charge in [0.15, 0.2) is 0 Å². The highest BCUT2D eigenvalue weighted by atomic mass is 16.3. The van der Waals surface area contributed by atoms with Gasteiger partial charge in [-0.1, -0.05) is 13.8 Å². The van der Waals surface area contributed by atoms with Crippen molar-refractivity contribution < 1.29 is 5.11 Å². The second-order valence-corrected chi connectivity index (χ2v) is 4.97. The molecule has 1 aliphatic rings. The topological polar surface area (TPSA) is 49.5 Å². The van der Waals surface area contributed by atoms with Crippen molar-refractivity contribution in [2.45, 2.75) is 39.3 Å². The largest absolute Gasteiger partial charge is 0.392 e. The van der Waals surface area contributed by atoms with E-state index in [0.29, 0.717) is 6.04 Å². The van der Waals surface area contributed by atoms with Crippen LogP contribution in [0.1, 0.15) is 27.2 Å². The Hall–Kier alpha value is -0.120. The number of hydrogen-bond acceptors (Lipinski definition) is 3. The summed E-state index contributed by atoms with van der Waals surface area (Å²) in [4.78, 5) is 2.30. The molecule has 0 spiro atoms. The number of likely N-dealkylation sites (tertiary alicyclic amines) is 1. The standard InChI is InChI=1S/C10H22N2O/c1-8(13)6-12-5-4-9(11)10(2,3)7-12/h8-9,13H,4-7,11H2,1-3H3/t8-,9?/m1/s1. The molecule has 1 aliphatic heterocycles. The molecule has 0 aromatic carbocycles. The lowest BCUT2D eigenvalue weighted by molar-refractivity contribution is 0.0550. The molecule has 2 atom stereocenters. The van der Waals surface area contributed by atoms with Gasteiger partial charge in [0.05, 0.1) is 6.10 Å². The molecule has 78 valence electrons. The zero-order valence-electron chi connectivity index (χ0n) is 8.95. The van der Waals surface area contributed by atoms with Crippen LogP contribution in [-0.2, 0) is 0 Å². The van der Waals surface area contributed by atoms with Crippen LogP contribution in [0.25, 0.3) is 0 Å². The first-order valence-electron chi connectivity index (χ1n) is 5.08. The summed E-state index contributed by atoms with van der Waals surface area (Å²) >= 11 is 0. The maximum atomic E-state index is 9.27. The molecule has 1 rings (SSSR count). The molecule has 1 fully saturated rings. The Labute approximate surface area is 80.9 Å². The fraction of sp³-hybridized carbons (Fsp3) is 1.00. The van der Waals surface area contributed by atoms with E-state index in [1.807, 2.05) is 6.92 Å². The molecule has 0 amide bonds. The number of piperidine rings is 1. The number of β-amino-alcohol motifs (C(OH)–C–C–N with tert-alkyl or cyclic N) is 1. The minimum Gasteiger partial charge on any atom is -0.392 e. The summed E-state index contributed by atoms with van der Waals surface area (Å²) in [6, 6.07) is 0.303. The van der Waals surface area contributed by atoms with Gasteiger partial charge in [-0.2, -0.15) is 0 Å². The van der Waals surface area contributed by atoms with Crippen LogP contribution in [0.2, 0.25) is 0 Å². The van der Waals surface area contributed by atoms with E-state index >= 15 is 0 Å². The van der Waals surface area contributed by atoms with E-state index in [1.165, 1.54) is 0 Å². The Kier molecular flexibility index (Phi) is 3.33. The normalized spacial score (nSPS) is 31.6. The van der Waals surface area contributed by atoms with Gasteiger partial charge in [0, 0.05) is 19.1 Å². The van der Waals surface area contributed by atoms with Gasteiger partial charge in [-0.3, -0.25) is 0 Å². The number of aliphatic hydroxyl groups is 1. The summed E-state index contributed by atoms with van der Waals surface area (Å²) < 4.78 is 0. The van der Waals surface area contributed by atoms with Gasteiger partial charge in [-0.25, -0.2) is 0 Å². The summed E-state index contributed by atoms with van der Waals surface area (Å²) in [5.74, 6) is 0. The molecule has 0 bridgehead atoms. The first-order chi connectivity index (χ1) is 5.92. The lowest BCUT2D eigenvalue weighted by Gasteiger charge is -2.43. The van der Waals surface area contributed by atoms with Crippen LogP contribution in [0.3, 0.4) is 0 Å².